The van der Waals surface area contributed by atoms with E-state index in [4.69, 9.17) is 0 Å². The van der Waals surface area contributed by atoms with E-state index in [0.717, 1.165) is 50.3 Å². The summed E-state index contributed by atoms with van der Waals surface area (Å²) < 4.78 is 0. The Bertz CT molecular complexity index is 494. The van der Waals surface area contributed by atoms with Crippen molar-refractivity contribution >= 4 is 17.2 Å². The van der Waals surface area contributed by atoms with Gasteiger partial charge in [-0.25, -0.2) is 0 Å². The van der Waals surface area contributed by atoms with Crippen molar-refractivity contribution in [3.8, 4) is 0 Å². The lowest BCUT2D eigenvalue weighted by Crippen LogP contribution is -2.55. The number of hydrogen-bond donors (Lipinski definition) is 1. The summed E-state index contributed by atoms with van der Waals surface area (Å²) in [6, 6.07) is 4.24. The fourth-order valence-electron chi connectivity index (χ4n) is 3.48. The standard InChI is InChI=1S/C16H24N2O2S/c1-12-6-7-15(21-12)16(20)18-10-8-17(9-11-18)13-4-2-3-5-14(13)19/h6-7,13-14,19H,2-5,8-11H2,1H3. The highest BCUT2D eigenvalue weighted by Gasteiger charge is 2.32. The van der Waals surface area contributed by atoms with Gasteiger partial charge in [-0.05, 0) is 31.9 Å². The van der Waals surface area contributed by atoms with Gasteiger partial charge < -0.3 is 10.0 Å². The van der Waals surface area contributed by atoms with Crippen molar-refractivity contribution in [2.24, 2.45) is 0 Å². The molecule has 5 heteroatoms. The van der Waals surface area contributed by atoms with E-state index in [2.05, 4.69) is 4.90 Å². The van der Waals surface area contributed by atoms with E-state index in [-0.39, 0.29) is 12.0 Å². The van der Waals surface area contributed by atoms with Crippen LogP contribution in [0.2, 0.25) is 0 Å². The minimum absolute atomic E-state index is 0.164. The molecule has 0 aromatic carbocycles. The lowest BCUT2D eigenvalue weighted by molar-refractivity contribution is -0.00163. The molecule has 1 aliphatic carbocycles. The second kappa shape index (κ2) is 6.46. The molecule has 1 aromatic heterocycles. The molecule has 116 valence electrons. The first kappa shape index (κ1) is 15.0. The van der Waals surface area contributed by atoms with Gasteiger partial charge in [-0.3, -0.25) is 9.69 Å². The van der Waals surface area contributed by atoms with Crippen LogP contribution in [0.25, 0.3) is 0 Å². The number of piperazine rings is 1. The van der Waals surface area contributed by atoms with Crippen LogP contribution in [0.5, 0.6) is 0 Å². The highest BCUT2D eigenvalue weighted by Crippen LogP contribution is 2.25. The van der Waals surface area contributed by atoms with Crippen LogP contribution in [0.4, 0.5) is 0 Å². The van der Waals surface area contributed by atoms with Crippen LogP contribution in [-0.2, 0) is 0 Å². The van der Waals surface area contributed by atoms with Crippen LogP contribution in [0.3, 0.4) is 0 Å². The zero-order chi connectivity index (χ0) is 14.8. The molecule has 0 radical (unpaired) electrons. The summed E-state index contributed by atoms with van der Waals surface area (Å²) >= 11 is 1.57. The monoisotopic (exact) mass is 308 g/mol. The third-order valence-electron chi connectivity index (χ3n) is 4.72. The average Bonchev–Trinajstić information content (AvgIpc) is 2.94. The van der Waals surface area contributed by atoms with E-state index in [1.807, 2.05) is 24.0 Å². The van der Waals surface area contributed by atoms with Gasteiger partial charge in [-0.1, -0.05) is 12.8 Å². The largest absolute Gasteiger partial charge is 0.391 e. The summed E-state index contributed by atoms with van der Waals surface area (Å²) in [5, 5.41) is 10.2. The molecular formula is C16H24N2O2S. The molecule has 4 nitrogen and oxygen atoms in total. The molecular weight excluding hydrogens is 284 g/mol. The second-order valence-electron chi connectivity index (χ2n) is 6.16. The summed E-state index contributed by atoms with van der Waals surface area (Å²) in [5.41, 5.74) is 0. The molecule has 2 fully saturated rings. The van der Waals surface area contributed by atoms with Gasteiger partial charge in [0.1, 0.15) is 0 Å². The molecule has 2 heterocycles. The fraction of sp³-hybridized carbons (Fsp3) is 0.688. The van der Waals surface area contributed by atoms with Crippen molar-refractivity contribution in [2.75, 3.05) is 26.2 Å². The normalized spacial score (nSPS) is 27.8. The van der Waals surface area contributed by atoms with Crippen LogP contribution >= 0.6 is 11.3 Å². The third-order valence-corrected chi connectivity index (χ3v) is 5.70. The summed E-state index contributed by atoms with van der Waals surface area (Å²) in [6.45, 7) is 5.36. The maximum absolute atomic E-state index is 12.4. The smallest absolute Gasteiger partial charge is 0.264 e. The van der Waals surface area contributed by atoms with Crippen LogP contribution in [0.1, 0.15) is 40.2 Å². The average molecular weight is 308 g/mol. The van der Waals surface area contributed by atoms with Gasteiger partial charge in [0.15, 0.2) is 0 Å². The Morgan fingerprint density at radius 2 is 1.90 bits per heavy atom. The number of amides is 1. The molecule has 0 spiro atoms. The first-order chi connectivity index (χ1) is 10.1. The number of nitrogens with zero attached hydrogens (tertiary/aromatic N) is 2. The van der Waals surface area contributed by atoms with Gasteiger partial charge in [0.2, 0.25) is 0 Å². The van der Waals surface area contributed by atoms with Gasteiger partial charge in [0.25, 0.3) is 5.91 Å². The van der Waals surface area contributed by atoms with E-state index in [9.17, 15) is 9.90 Å². The molecule has 1 aliphatic heterocycles. The summed E-state index contributed by atoms with van der Waals surface area (Å²) in [4.78, 5) is 18.8. The summed E-state index contributed by atoms with van der Waals surface area (Å²) in [7, 11) is 0. The quantitative estimate of drug-likeness (QED) is 0.910. The molecule has 1 saturated heterocycles. The summed E-state index contributed by atoms with van der Waals surface area (Å²) in [6.07, 6.45) is 4.21. The minimum atomic E-state index is -0.180. The number of aryl methyl sites for hydroxylation is 1. The van der Waals surface area contributed by atoms with E-state index < -0.39 is 0 Å². The number of rotatable bonds is 2. The molecule has 2 aliphatic rings. The summed E-state index contributed by atoms with van der Waals surface area (Å²) in [5.74, 6) is 0.164. The minimum Gasteiger partial charge on any atom is -0.391 e. The topological polar surface area (TPSA) is 43.8 Å². The molecule has 2 atom stereocenters. The van der Waals surface area contributed by atoms with E-state index in [1.165, 1.54) is 11.3 Å². The Labute approximate surface area is 130 Å². The second-order valence-corrected chi connectivity index (χ2v) is 7.45. The molecule has 0 bridgehead atoms. The van der Waals surface area contributed by atoms with Gasteiger partial charge in [-0.2, -0.15) is 0 Å². The molecule has 1 amide bonds. The van der Waals surface area contributed by atoms with Crippen molar-refractivity contribution in [1.29, 1.82) is 0 Å². The first-order valence-electron chi connectivity index (χ1n) is 7.93. The number of carbonyl (C=O) groups is 1. The first-order valence-corrected chi connectivity index (χ1v) is 8.74. The van der Waals surface area contributed by atoms with Crippen molar-refractivity contribution < 1.29 is 9.90 Å². The molecule has 1 N–H and O–H groups in total. The van der Waals surface area contributed by atoms with E-state index in [1.54, 1.807) is 11.3 Å². The zero-order valence-corrected chi connectivity index (χ0v) is 13.4. The Hall–Kier alpha value is -0.910. The predicted molar refractivity (Wildman–Crippen MR) is 84.8 cm³/mol. The lowest BCUT2D eigenvalue weighted by Gasteiger charge is -2.42. The van der Waals surface area contributed by atoms with Crippen LogP contribution in [-0.4, -0.2) is 59.1 Å². The molecule has 1 saturated carbocycles. The fourth-order valence-corrected chi connectivity index (χ4v) is 4.32. The Morgan fingerprint density at radius 3 is 2.52 bits per heavy atom. The van der Waals surface area contributed by atoms with Crippen molar-refractivity contribution in [3.63, 3.8) is 0 Å². The Kier molecular flexibility index (Phi) is 4.62. The maximum Gasteiger partial charge on any atom is 0.264 e. The number of carbonyl (C=O) groups excluding carboxylic acids is 1. The van der Waals surface area contributed by atoms with Crippen molar-refractivity contribution in [3.05, 3.63) is 21.9 Å². The SMILES string of the molecule is Cc1ccc(C(=O)N2CCN(C3CCCCC3O)CC2)s1. The Morgan fingerprint density at radius 1 is 1.19 bits per heavy atom. The maximum atomic E-state index is 12.4. The van der Waals surface area contributed by atoms with Gasteiger partial charge >= 0.3 is 0 Å². The zero-order valence-electron chi connectivity index (χ0n) is 12.6. The van der Waals surface area contributed by atoms with Crippen LogP contribution < -0.4 is 0 Å². The van der Waals surface area contributed by atoms with Crippen molar-refractivity contribution in [2.45, 2.75) is 44.8 Å². The third kappa shape index (κ3) is 3.30. The molecule has 2 unspecified atom stereocenters. The Balaban J connectivity index is 1.56. The van der Waals surface area contributed by atoms with E-state index >= 15 is 0 Å². The number of aliphatic hydroxyl groups excluding tert-OH is 1. The van der Waals surface area contributed by atoms with Gasteiger partial charge in [0.05, 0.1) is 11.0 Å². The van der Waals surface area contributed by atoms with Crippen LogP contribution in [0.15, 0.2) is 12.1 Å². The molecule has 21 heavy (non-hydrogen) atoms. The number of aliphatic hydroxyl groups is 1. The highest BCUT2D eigenvalue weighted by atomic mass is 32.1. The number of hydrogen-bond acceptors (Lipinski definition) is 4. The lowest BCUT2D eigenvalue weighted by atomic mass is 9.91. The predicted octanol–water partition coefficient (Wildman–Crippen LogP) is 2.12. The highest BCUT2D eigenvalue weighted by molar-refractivity contribution is 7.13. The van der Waals surface area contributed by atoms with E-state index in [0.29, 0.717) is 6.04 Å². The van der Waals surface area contributed by atoms with Crippen LogP contribution in [0, 0.1) is 6.92 Å². The van der Waals surface area contributed by atoms with Gasteiger partial charge in [-0.15, -0.1) is 11.3 Å². The molecule has 3 rings (SSSR count). The molecule has 1 aromatic rings. The number of thiophene rings is 1. The van der Waals surface area contributed by atoms with Gasteiger partial charge in [0, 0.05) is 37.1 Å². The van der Waals surface area contributed by atoms with Crippen molar-refractivity contribution in [1.82, 2.24) is 9.80 Å².